The Morgan fingerprint density at radius 3 is 2.22 bits per heavy atom. The van der Waals surface area contributed by atoms with Crippen LogP contribution in [0.3, 0.4) is 0 Å². The van der Waals surface area contributed by atoms with E-state index >= 15 is 0 Å². The summed E-state index contributed by atoms with van der Waals surface area (Å²) in [5, 5.41) is 3.10. The van der Waals surface area contributed by atoms with Gasteiger partial charge in [-0.3, -0.25) is 4.79 Å². The van der Waals surface area contributed by atoms with Gasteiger partial charge in [-0.15, -0.1) is 0 Å². The zero-order valence-electron chi connectivity index (χ0n) is 15.6. The molecule has 0 saturated heterocycles. The lowest BCUT2D eigenvalue weighted by atomic mass is 10.1. The number of carbonyl (C=O) groups is 1. The van der Waals surface area contributed by atoms with Crippen molar-refractivity contribution in [1.82, 2.24) is 4.72 Å². The molecule has 2 aromatic rings. The standard InChI is InChI=1S/C19H23ClN2O4S/c1-13(26-17-8-6-5-7-16(17)20)18(23)21-14-9-11-15(12-10-14)27(24,25)22-19(2,3)4/h5-13,22H,1-4H3,(H,21,23). The Hall–Kier alpha value is -2.09. The second-order valence-electron chi connectivity index (χ2n) is 7.06. The summed E-state index contributed by atoms with van der Waals surface area (Å²) in [6.07, 6.45) is -0.782. The second kappa shape index (κ2) is 8.29. The molecule has 0 aliphatic heterocycles. The molecule has 0 aliphatic carbocycles. The van der Waals surface area contributed by atoms with Gasteiger partial charge in [0, 0.05) is 11.2 Å². The molecule has 0 spiro atoms. The first kappa shape index (κ1) is 21.2. The summed E-state index contributed by atoms with van der Waals surface area (Å²) in [7, 11) is -3.63. The maximum Gasteiger partial charge on any atom is 0.265 e. The van der Waals surface area contributed by atoms with Crippen LogP contribution in [0.1, 0.15) is 27.7 Å². The predicted octanol–water partition coefficient (Wildman–Crippen LogP) is 3.82. The van der Waals surface area contributed by atoms with Crippen molar-refractivity contribution in [3.8, 4) is 5.75 Å². The van der Waals surface area contributed by atoms with Gasteiger partial charge in [0.05, 0.1) is 9.92 Å². The van der Waals surface area contributed by atoms with Crippen LogP contribution in [0.25, 0.3) is 0 Å². The highest BCUT2D eigenvalue weighted by Gasteiger charge is 2.22. The predicted molar refractivity (Wildman–Crippen MR) is 107 cm³/mol. The van der Waals surface area contributed by atoms with Gasteiger partial charge in [-0.05, 0) is 64.1 Å². The largest absolute Gasteiger partial charge is 0.479 e. The molecule has 0 bridgehead atoms. The minimum atomic E-state index is -3.63. The Morgan fingerprint density at radius 2 is 1.67 bits per heavy atom. The number of hydrogen-bond donors (Lipinski definition) is 2. The molecule has 27 heavy (non-hydrogen) atoms. The summed E-state index contributed by atoms with van der Waals surface area (Å²) < 4.78 is 32.7. The van der Waals surface area contributed by atoms with Crippen molar-refractivity contribution in [3.63, 3.8) is 0 Å². The molecule has 1 atom stereocenters. The third kappa shape index (κ3) is 6.23. The first-order chi connectivity index (χ1) is 12.5. The SMILES string of the molecule is CC(Oc1ccccc1Cl)C(=O)Nc1ccc(S(=O)(=O)NC(C)(C)C)cc1. The summed E-state index contributed by atoms with van der Waals surface area (Å²) in [6.45, 7) is 6.89. The molecule has 0 aliphatic rings. The van der Waals surface area contributed by atoms with Crippen LogP contribution < -0.4 is 14.8 Å². The Morgan fingerprint density at radius 1 is 1.07 bits per heavy atom. The van der Waals surface area contributed by atoms with E-state index in [-0.39, 0.29) is 10.8 Å². The monoisotopic (exact) mass is 410 g/mol. The maximum atomic E-state index is 12.3. The van der Waals surface area contributed by atoms with Crippen LogP contribution in [-0.4, -0.2) is 26.0 Å². The van der Waals surface area contributed by atoms with E-state index < -0.39 is 21.7 Å². The molecular weight excluding hydrogens is 388 g/mol. The van der Waals surface area contributed by atoms with E-state index in [0.29, 0.717) is 16.5 Å². The number of sulfonamides is 1. The lowest BCUT2D eigenvalue weighted by Gasteiger charge is -2.20. The fourth-order valence-electron chi connectivity index (χ4n) is 2.21. The van der Waals surface area contributed by atoms with E-state index in [2.05, 4.69) is 10.0 Å². The van der Waals surface area contributed by atoms with Gasteiger partial charge in [0.2, 0.25) is 10.0 Å². The van der Waals surface area contributed by atoms with Gasteiger partial charge in [0.15, 0.2) is 6.10 Å². The average molecular weight is 411 g/mol. The minimum absolute atomic E-state index is 0.121. The van der Waals surface area contributed by atoms with Gasteiger partial charge >= 0.3 is 0 Å². The maximum absolute atomic E-state index is 12.3. The molecule has 2 aromatic carbocycles. The van der Waals surface area contributed by atoms with Crippen LogP contribution in [0.5, 0.6) is 5.75 Å². The number of halogens is 1. The Labute approximate surface area is 164 Å². The molecular formula is C19H23ClN2O4S. The number of amides is 1. The smallest absolute Gasteiger partial charge is 0.265 e. The molecule has 1 amide bonds. The van der Waals surface area contributed by atoms with Crippen LogP contribution >= 0.6 is 11.6 Å². The molecule has 0 radical (unpaired) electrons. The number of nitrogens with one attached hydrogen (secondary N) is 2. The van der Waals surface area contributed by atoms with E-state index in [1.54, 1.807) is 52.0 Å². The molecule has 146 valence electrons. The van der Waals surface area contributed by atoms with Crippen molar-refractivity contribution in [3.05, 3.63) is 53.6 Å². The summed E-state index contributed by atoms with van der Waals surface area (Å²) >= 11 is 6.02. The van der Waals surface area contributed by atoms with E-state index in [9.17, 15) is 13.2 Å². The van der Waals surface area contributed by atoms with Crippen LogP contribution in [0.15, 0.2) is 53.4 Å². The number of para-hydroxylation sites is 1. The van der Waals surface area contributed by atoms with E-state index in [0.717, 1.165) is 0 Å². The molecule has 0 saturated carbocycles. The fraction of sp³-hybridized carbons (Fsp3) is 0.316. The highest BCUT2D eigenvalue weighted by Crippen LogP contribution is 2.24. The average Bonchev–Trinajstić information content (AvgIpc) is 2.55. The van der Waals surface area contributed by atoms with Crippen molar-refractivity contribution in [2.24, 2.45) is 0 Å². The zero-order chi connectivity index (χ0) is 20.2. The highest BCUT2D eigenvalue weighted by atomic mass is 35.5. The lowest BCUT2D eigenvalue weighted by Crippen LogP contribution is -2.40. The number of ether oxygens (including phenoxy) is 1. The van der Waals surface area contributed by atoms with Crippen molar-refractivity contribution in [2.75, 3.05) is 5.32 Å². The molecule has 8 heteroatoms. The van der Waals surface area contributed by atoms with Gasteiger partial charge in [0.25, 0.3) is 5.91 Å². The minimum Gasteiger partial charge on any atom is -0.479 e. The third-order valence-corrected chi connectivity index (χ3v) is 5.47. The van der Waals surface area contributed by atoms with Crippen LogP contribution in [-0.2, 0) is 14.8 Å². The third-order valence-electron chi connectivity index (χ3n) is 3.38. The number of rotatable bonds is 6. The first-order valence-corrected chi connectivity index (χ1v) is 10.2. The normalized spacial score (nSPS) is 13.1. The van der Waals surface area contributed by atoms with Gasteiger partial charge in [0.1, 0.15) is 5.75 Å². The molecule has 0 fully saturated rings. The topological polar surface area (TPSA) is 84.5 Å². The molecule has 2 N–H and O–H groups in total. The lowest BCUT2D eigenvalue weighted by molar-refractivity contribution is -0.122. The quantitative estimate of drug-likeness (QED) is 0.758. The van der Waals surface area contributed by atoms with Gasteiger partial charge in [-0.1, -0.05) is 23.7 Å². The Balaban J connectivity index is 2.03. The summed E-state index contributed by atoms with van der Waals surface area (Å²) in [5.41, 5.74) is -0.124. The van der Waals surface area contributed by atoms with Crippen molar-refractivity contribution < 1.29 is 17.9 Å². The summed E-state index contributed by atoms with van der Waals surface area (Å²) in [5.74, 6) is 0.0369. The van der Waals surface area contributed by atoms with Gasteiger partial charge in [-0.2, -0.15) is 0 Å². The first-order valence-electron chi connectivity index (χ1n) is 8.34. The number of hydrogen-bond acceptors (Lipinski definition) is 4. The van der Waals surface area contributed by atoms with Crippen LogP contribution in [0, 0.1) is 0 Å². The fourth-order valence-corrected chi connectivity index (χ4v) is 3.81. The van der Waals surface area contributed by atoms with E-state index in [1.165, 1.54) is 24.3 Å². The van der Waals surface area contributed by atoms with E-state index in [1.807, 2.05) is 0 Å². The van der Waals surface area contributed by atoms with Gasteiger partial charge < -0.3 is 10.1 Å². The zero-order valence-corrected chi connectivity index (χ0v) is 17.2. The highest BCUT2D eigenvalue weighted by molar-refractivity contribution is 7.89. The van der Waals surface area contributed by atoms with Crippen molar-refractivity contribution >= 4 is 33.2 Å². The van der Waals surface area contributed by atoms with E-state index in [4.69, 9.17) is 16.3 Å². The van der Waals surface area contributed by atoms with Gasteiger partial charge in [-0.25, -0.2) is 13.1 Å². The van der Waals surface area contributed by atoms with Crippen LogP contribution in [0.4, 0.5) is 5.69 Å². The van der Waals surface area contributed by atoms with Crippen molar-refractivity contribution in [2.45, 2.75) is 44.2 Å². The molecule has 6 nitrogen and oxygen atoms in total. The Kier molecular flexibility index (Phi) is 6.51. The number of carbonyl (C=O) groups excluding carboxylic acids is 1. The molecule has 0 heterocycles. The summed E-state index contributed by atoms with van der Waals surface area (Å²) in [4.78, 5) is 12.4. The Bertz CT molecular complexity index is 906. The summed E-state index contributed by atoms with van der Waals surface area (Å²) in [6, 6.07) is 12.8. The molecule has 2 rings (SSSR count). The van der Waals surface area contributed by atoms with Crippen LogP contribution in [0.2, 0.25) is 5.02 Å². The molecule has 0 aromatic heterocycles. The number of anilines is 1. The van der Waals surface area contributed by atoms with Crippen molar-refractivity contribution in [1.29, 1.82) is 0 Å². The second-order valence-corrected chi connectivity index (χ2v) is 9.15. The number of benzene rings is 2. The molecule has 1 unspecified atom stereocenters.